The number of nitrogens with zero attached hydrogens (tertiary/aromatic N) is 5. The largest absolute Gasteiger partial charge is 0.365 e. The number of H-pyrrole nitrogens is 1. The number of aryl methyl sites for hydroxylation is 2. The molecule has 1 saturated carbocycles. The Morgan fingerprint density at radius 1 is 1.29 bits per heavy atom. The van der Waals surface area contributed by atoms with E-state index in [9.17, 15) is 0 Å². The number of anilines is 3. The summed E-state index contributed by atoms with van der Waals surface area (Å²) in [6.45, 7) is 2.74. The SMILES string of the molecule is Cc1cc(Nc2nc(NC3CCCCC3)c3c(ccn3CCCC#N)n2)n[nH]1. The molecule has 1 aliphatic rings. The van der Waals surface area contributed by atoms with Crippen LogP contribution in [-0.2, 0) is 6.54 Å². The highest BCUT2D eigenvalue weighted by atomic mass is 15.2. The minimum Gasteiger partial charge on any atom is -0.365 e. The van der Waals surface area contributed by atoms with Crippen LogP contribution in [0.5, 0.6) is 0 Å². The van der Waals surface area contributed by atoms with Gasteiger partial charge in [-0.25, -0.2) is 4.98 Å². The second kappa shape index (κ2) is 8.30. The van der Waals surface area contributed by atoms with Gasteiger partial charge < -0.3 is 15.2 Å². The summed E-state index contributed by atoms with van der Waals surface area (Å²) in [6, 6.07) is 6.59. The molecule has 146 valence electrons. The fourth-order valence-corrected chi connectivity index (χ4v) is 3.81. The lowest BCUT2D eigenvalue weighted by Crippen LogP contribution is -2.23. The molecule has 0 amide bonds. The predicted molar refractivity (Wildman–Crippen MR) is 109 cm³/mol. The summed E-state index contributed by atoms with van der Waals surface area (Å²) < 4.78 is 2.15. The average Bonchev–Trinajstić information content (AvgIpc) is 3.29. The van der Waals surface area contributed by atoms with Crippen molar-refractivity contribution in [3.05, 3.63) is 24.0 Å². The van der Waals surface area contributed by atoms with Crippen LogP contribution in [0.3, 0.4) is 0 Å². The van der Waals surface area contributed by atoms with Gasteiger partial charge in [0.2, 0.25) is 5.95 Å². The van der Waals surface area contributed by atoms with Gasteiger partial charge in [-0.3, -0.25) is 5.10 Å². The molecule has 28 heavy (non-hydrogen) atoms. The van der Waals surface area contributed by atoms with Gasteiger partial charge in [0.25, 0.3) is 0 Å². The van der Waals surface area contributed by atoms with E-state index in [1.54, 1.807) is 0 Å². The van der Waals surface area contributed by atoms with Crippen LogP contribution >= 0.6 is 0 Å². The summed E-state index contributed by atoms with van der Waals surface area (Å²) in [7, 11) is 0. The summed E-state index contributed by atoms with van der Waals surface area (Å²) in [6.07, 6.45) is 9.56. The molecule has 1 aliphatic carbocycles. The average molecular weight is 378 g/mol. The van der Waals surface area contributed by atoms with E-state index >= 15 is 0 Å². The van der Waals surface area contributed by atoms with Gasteiger partial charge in [-0.2, -0.15) is 15.3 Å². The van der Waals surface area contributed by atoms with E-state index in [0.717, 1.165) is 35.5 Å². The van der Waals surface area contributed by atoms with Crippen LogP contribution in [0.25, 0.3) is 11.0 Å². The third-order valence-corrected chi connectivity index (χ3v) is 5.19. The number of hydrogen-bond donors (Lipinski definition) is 3. The van der Waals surface area contributed by atoms with E-state index in [4.69, 9.17) is 10.2 Å². The molecule has 0 saturated heterocycles. The molecule has 3 aromatic rings. The molecule has 0 unspecified atom stereocenters. The van der Waals surface area contributed by atoms with Crippen molar-refractivity contribution in [2.24, 2.45) is 0 Å². The molecule has 0 radical (unpaired) electrons. The Morgan fingerprint density at radius 3 is 2.89 bits per heavy atom. The van der Waals surface area contributed by atoms with Crippen molar-refractivity contribution in [3.8, 4) is 6.07 Å². The van der Waals surface area contributed by atoms with Crippen molar-refractivity contribution < 1.29 is 0 Å². The predicted octanol–water partition coefficient (Wildman–Crippen LogP) is 4.25. The molecular formula is C20H26N8. The van der Waals surface area contributed by atoms with Gasteiger partial charge >= 0.3 is 0 Å². The molecule has 3 aromatic heterocycles. The molecule has 1 fully saturated rings. The van der Waals surface area contributed by atoms with Gasteiger partial charge in [-0.15, -0.1) is 0 Å². The van der Waals surface area contributed by atoms with Gasteiger partial charge in [0.05, 0.1) is 11.6 Å². The molecule has 0 spiro atoms. The first-order chi connectivity index (χ1) is 13.7. The van der Waals surface area contributed by atoms with Crippen molar-refractivity contribution in [2.45, 2.75) is 64.5 Å². The first-order valence-corrected chi connectivity index (χ1v) is 10.0. The third kappa shape index (κ3) is 4.09. The highest BCUT2D eigenvalue weighted by Crippen LogP contribution is 2.28. The van der Waals surface area contributed by atoms with Gasteiger partial charge in [-0.1, -0.05) is 19.3 Å². The number of aromatic amines is 1. The zero-order chi connectivity index (χ0) is 19.3. The first-order valence-electron chi connectivity index (χ1n) is 10.0. The molecule has 8 heteroatoms. The first kappa shape index (κ1) is 18.3. The monoisotopic (exact) mass is 378 g/mol. The Bertz CT molecular complexity index is 974. The Hall–Kier alpha value is -3.08. The van der Waals surface area contributed by atoms with E-state index in [-0.39, 0.29) is 0 Å². The van der Waals surface area contributed by atoms with E-state index in [0.29, 0.717) is 24.2 Å². The summed E-state index contributed by atoms with van der Waals surface area (Å²) in [5.74, 6) is 2.09. The van der Waals surface area contributed by atoms with Gasteiger partial charge in [0.1, 0.15) is 5.52 Å². The normalized spacial score (nSPS) is 14.9. The van der Waals surface area contributed by atoms with E-state index in [2.05, 4.69) is 36.5 Å². The summed E-state index contributed by atoms with van der Waals surface area (Å²) in [4.78, 5) is 9.47. The van der Waals surface area contributed by atoms with E-state index in [1.807, 2.05) is 25.3 Å². The number of rotatable bonds is 7. The van der Waals surface area contributed by atoms with Crippen LogP contribution in [0.4, 0.5) is 17.6 Å². The minimum absolute atomic E-state index is 0.440. The van der Waals surface area contributed by atoms with Gasteiger partial charge in [0, 0.05) is 37.0 Å². The quantitative estimate of drug-likeness (QED) is 0.530. The molecular weight excluding hydrogens is 352 g/mol. The van der Waals surface area contributed by atoms with Crippen molar-refractivity contribution in [2.75, 3.05) is 10.6 Å². The minimum atomic E-state index is 0.440. The molecule has 3 N–H and O–H groups in total. The summed E-state index contributed by atoms with van der Waals surface area (Å²) in [5, 5.41) is 22.9. The van der Waals surface area contributed by atoms with Crippen molar-refractivity contribution in [1.29, 1.82) is 5.26 Å². The second-order valence-electron chi connectivity index (χ2n) is 7.44. The highest BCUT2D eigenvalue weighted by Gasteiger charge is 2.18. The lowest BCUT2D eigenvalue weighted by Gasteiger charge is -2.24. The molecule has 3 heterocycles. The van der Waals surface area contributed by atoms with Crippen LogP contribution in [0.2, 0.25) is 0 Å². The molecule has 0 aliphatic heterocycles. The summed E-state index contributed by atoms with van der Waals surface area (Å²) >= 11 is 0. The molecule has 0 atom stereocenters. The maximum Gasteiger partial charge on any atom is 0.231 e. The van der Waals surface area contributed by atoms with Crippen LogP contribution < -0.4 is 10.6 Å². The summed E-state index contributed by atoms with van der Waals surface area (Å²) in [5.41, 5.74) is 2.88. The smallest absolute Gasteiger partial charge is 0.231 e. The van der Waals surface area contributed by atoms with Gasteiger partial charge in [0.15, 0.2) is 11.6 Å². The number of fused-ring (bicyclic) bond motifs is 1. The Kier molecular flexibility index (Phi) is 5.42. The number of aromatic nitrogens is 5. The van der Waals surface area contributed by atoms with Crippen molar-refractivity contribution >= 4 is 28.6 Å². The van der Waals surface area contributed by atoms with Crippen molar-refractivity contribution in [1.82, 2.24) is 24.7 Å². The zero-order valence-electron chi connectivity index (χ0n) is 16.2. The lowest BCUT2D eigenvalue weighted by molar-refractivity contribution is 0.462. The van der Waals surface area contributed by atoms with E-state index < -0.39 is 0 Å². The maximum absolute atomic E-state index is 8.84. The number of nitrogens with one attached hydrogen (secondary N) is 3. The van der Waals surface area contributed by atoms with Crippen LogP contribution in [-0.4, -0.2) is 30.8 Å². The number of unbranched alkanes of at least 4 members (excludes halogenated alkanes) is 1. The van der Waals surface area contributed by atoms with Crippen LogP contribution in [0.1, 0.15) is 50.6 Å². The second-order valence-corrected chi connectivity index (χ2v) is 7.44. The maximum atomic E-state index is 8.84. The van der Waals surface area contributed by atoms with E-state index in [1.165, 1.54) is 32.1 Å². The number of nitriles is 1. The van der Waals surface area contributed by atoms with Crippen LogP contribution in [0.15, 0.2) is 18.3 Å². The Balaban J connectivity index is 1.66. The standard InChI is InChI=1S/C20H26N8/c1-14-13-17(27-26-14)24-20-23-16-9-12-28(11-6-5-10-21)18(16)19(25-20)22-15-7-3-2-4-8-15/h9,12-13,15H,2-8,11H2,1H3,(H3,22,23,24,25,26,27). The zero-order valence-corrected chi connectivity index (χ0v) is 16.2. The van der Waals surface area contributed by atoms with Crippen LogP contribution in [0, 0.1) is 18.3 Å². The fourth-order valence-electron chi connectivity index (χ4n) is 3.81. The van der Waals surface area contributed by atoms with Gasteiger partial charge in [-0.05, 0) is 32.3 Å². The number of hydrogen-bond acceptors (Lipinski definition) is 6. The Labute approximate surface area is 164 Å². The molecule has 0 aromatic carbocycles. The molecule has 0 bridgehead atoms. The third-order valence-electron chi connectivity index (χ3n) is 5.19. The molecule has 8 nitrogen and oxygen atoms in total. The Morgan fingerprint density at radius 2 is 2.14 bits per heavy atom. The molecule has 4 rings (SSSR count). The fraction of sp³-hybridized carbons (Fsp3) is 0.500. The lowest BCUT2D eigenvalue weighted by atomic mass is 9.95. The van der Waals surface area contributed by atoms with Crippen molar-refractivity contribution in [3.63, 3.8) is 0 Å². The highest BCUT2D eigenvalue weighted by molar-refractivity contribution is 5.88. The topological polar surface area (TPSA) is 107 Å².